The van der Waals surface area contributed by atoms with E-state index < -0.39 is 5.97 Å². The Kier molecular flexibility index (Phi) is 7.40. The number of carboxylic acids is 1. The fraction of sp³-hybridized carbons (Fsp3) is 0.962. The van der Waals surface area contributed by atoms with Crippen LogP contribution in [0.2, 0.25) is 0 Å². The predicted octanol–water partition coefficient (Wildman–Crippen LogP) is 6.53. The van der Waals surface area contributed by atoms with Crippen molar-refractivity contribution in [2.24, 2.45) is 46.3 Å². The third-order valence-corrected chi connectivity index (χ3v) is 10.4. The zero-order chi connectivity index (χ0) is 21.2. The first-order valence-electron chi connectivity index (χ1n) is 12.6. The highest BCUT2D eigenvalue weighted by Gasteiger charge is 2.60. The first-order chi connectivity index (χ1) is 13.9. The number of rotatable bonds is 5. The van der Waals surface area contributed by atoms with Gasteiger partial charge in [0.1, 0.15) is 0 Å². The van der Waals surface area contributed by atoms with Gasteiger partial charge >= 0.3 is 5.97 Å². The van der Waals surface area contributed by atoms with Crippen LogP contribution in [-0.4, -0.2) is 23.3 Å². The van der Waals surface area contributed by atoms with Gasteiger partial charge in [0.05, 0.1) is 0 Å². The summed E-state index contributed by atoms with van der Waals surface area (Å²) in [7, 11) is 1.00. The Morgan fingerprint density at radius 1 is 0.931 bits per heavy atom. The molecule has 0 amide bonds. The maximum Gasteiger partial charge on any atom is 0.303 e. The van der Waals surface area contributed by atoms with Gasteiger partial charge in [-0.25, -0.2) is 0 Å². The highest BCUT2D eigenvalue weighted by molar-refractivity contribution is 5.66. The van der Waals surface area contributed by atoms with E-state index in [1.165, 1.54) is 64.2 Å². The number of aliphatic hydroxyl groups is 1. The molecule has 4 aliphatic carbocycles. The second-order valence-corrected chi connectivity index (χ2v) is 11.2. The topological polar surface area (TPSA) is 57.5 Å². The van der Waals surface area contributed by atoms with E-state index in [0.717, 1.165) is 55.5 Å². The van der Waals surface area contributed by atoms with Crippen LogP contribution in [-0.2, 0) is 4.79 Å². The minimum atomic E-state index is -0.618. The Labute approximate surface area is 179 Å². The number of hydrogen-bond acceptors (Lipinski definition) is 2. The summed E-state index contributed by atoms with van der Waals surface area (Å²) in [4.78, 5) is 11.0. The molecule has 4 fully saturated rings. The Bertz CT molecular complexity index is 560. The van der Waals surface area contributed by atoms with Gasteiger partial charge in [-0.3, -0.25) is 4.79 Å². The molecule has 0 aromatic heterocycles. The van der Waals surface area contributed by atoms with Crippen LogP contribution < -0.4 is 0 Å². The lowest BCUT2D eigenvalue weighted by Crippen LogP contribution is -2.55. The van der Waals surface area contributed by atoms with Gasteiger partial charge in [-0.1, -0.05) is 40.0 Å². The van der Waals surface area contributed by atoms with Gasteiger partial charge in [0.15, 0.2) is 0 Å². The standard InChI is InChI=1S/C25H42O2.CH4O/c1-4-17-16-19-21-12-11-18(8-7-10-23(26)27)24(21,2)15-13-22(19)25(3)14-6-5-9-20(17)25;1-2/h17-22H,4-16H2,1-3H3,(H,26,27);2H,1H3/t17-,18?,19?,20?,21?,22-,24?,25?;/m0./s1. The van der Waals surface area contributed by atoms with E-state index >= 15 is 0 Å². The maximum atomic E-state index is 11.0. The highest BCUT2D eigenvalue weighted by atomic mass is 16.4. The summed E-state index contributed by atoms with van der Waals surface area (Å²) in [5, 5.41) is 16.0. The van der Waals surface area contributed by atoms with Gasteiger partial charge in [-0.05, 0) is 104 Å². The Morgan fingerprint density at radius 3 is 2.34 bits per heavy atom. The molecule has 3 nitrogen and oxygen atoms in total. The molecular weight excluding hydrogens is 360 g/mol. The van der Waals surface area contributed by atoms with Gasteiger partial charge in [0.25, 0.3) is 0 Å². The van der Waals surface area contributed by atoms with Crippen molar-refractivity contribution in [1.82, 2.24) is 0 Å². The number of carboxylic acid groups (broad SMARTS) is 1. The molecule has 2 N–H and O–H groups in total. The van der Waals surface area contributed by atoms with Crippen LogP contribution in [0.3, 0.4) is 0 Å². The van der Waals surface area contributed by atoms with Crippen molar-refractivity contribution < 1.29 is 15.0 Å². The highest BCUT2D eigenvalue weighted by Crippen LogP contribution is 2.69. The van der Waals surface area contributed by atoms with Crippen molar-refractivity contribution >= 4 is 5.97 Å². The van der Waals surface area contributed by atoms with Crippen LogP contribution in [0.4, 0.5) is 0 Å². The molecule has 8 atom stereocenters. The molecule has 4 aliphatic rings. The van der Waals surface area contributed by atoms with Crippen molar-refractivity contribution in [1.29, 1.82) is 0 Å². The lowest BCUT2D eigenvalue weighted by molar-refractivity contribution is -0.138. The maximum absolute atomic E-state index is 11.0. The SMILES string of the molecule is CC[C@H]1CC2C3CCC(CCCC(=O)O)C3(C)CC[C@@H]2C2(C)CCCCC12.CO. The van der Waals surface area contributed by atoms with E-state index in [1.54, 1.807) is 0 Å². The van der Waals surface area contributed by atoms with Crippen molar-refractivity contribution in [3.05, 3.63) is 0 Å². The van der Waals surface area contributed by atoms with Gasteiger partial charge in [0, 0.05) is 13.5 Å². The summed E-state index contributed by atoms with van der Waals surface area (Å²) < 4.78 is 0. The zero-order valence-corrected chi connectivity index (χ0v) is 19.5. The first kappa shape index (κ1) is 23.1. The number of hydrogen-bond donors (Lipinski definition) is 2. The third-order valence-electron chi connectivity index (χ3n) is 10.4. The number of carbonyl (C=O) groups is 1. The second-order valence-electron chi connectivity index (χ2n) is 11.2. The molecule has 0 spiro atoms. The third kappa shape index (κ3) is 4.02. The number of aliphatic carboxylic acids is 1. The zero-order valence-electron chi connectivity index (χ0n) is 19.5. The Hall–Kier alpha value is -0.570. The molecule has 0 radical (unpaired) electrons. The van der Waals surface area contributed by atoms with Crippen LogP contribution in [0.15, 0.2) is 0 Å². The van der Waals surface area contributed by atoms with E-state index in [4.69, 9.17) is 10.2 Å². The van der Waals surface area contributed by atoms with Gasteiger partial charge in [0.2, 0.25) is 0 Å². The monoisotopic (exact) mass is 406 g/mol. The smallest absolute Gasteiger partial charge is 0.303 e. The molecule has 0 heterocycles. The van der Waals surface area contributed by atoms with Gasteiger partial charge in [-0.15, -0.1) is 0 Å². The van der Waals surface area contributed by atoms with Crippen molar-refractivity contribution in [3.63, 3.8) is 0 Å². The fourth-order valence-corrected chi connectivity index (χ4v) is 9.10. The normalized spacial score (nSPS) is 46.0. The fourth-order valence-electron chi connectivity index (χ4n) is 9.10. The molecule has 0 saturated heterocycles. The molecule has 0 aromatic rings. The van der Waals surface area contributed by atoms with Crippen molar-refractivity contribution in [2.75, 3.05) is 7.11 Å². The summed E-state index contributed by atoms with van der Waals surface area (Å²) in [6.07, 6.45) is 16.9. The lowest BCUT2D eigenvalue weighted by Gasteiger charge is -2.62. The Morgan fingerprint density at radius 2 is 1.66 bits per heavy atom. The molecule has 0 aromatic carbocycles. The molecule has 4 saturated carbocycles. The van der Waals surface area contributed by atoms with E-state index in [1.807, 2.05) is 0 Å². The molecule has 0 aliphatic heterocycles. The molecular formula is C26H46O3. The van der Waals surface area contributed by atoms with E-state index in [-0.39, 0.29) is 0 Å². The summed E-state index contributed by atoms with van der Waals surface area (Å²) in [5.41, 5.74) is 1.11. The first-order valence-corrected chi connectivity index (χ1v) is 12.6. The van der Waals surface area contributed by atoms with Crippen molar-refractivity contribution in [2.45, 2.75) is 104 Å². The summed E-state index contributed by atoms with van der Waals surface area (Å²) in [6, 6.07) is 0. The molecule has 29 heavy (non-hydrogen) atoms. The molecule has 4 rings (SSSR count). The summed E-state index contributed by atoms with van der Waals surface area (Å²) in [6.45, 7) is 7.74. The Balaban J connectivity index is 0.00000117. The lowest BCUT2D eigenvalue weighted by atomic mass is 9.42. The van der Waals surface area contributed by atoms with Crippen LogP contribution in [0.1, 0.15) is 104 Å². The number of aliphatic hydroxyl groups excluding tert-OH is 1. The van der Waals surface area contributed by atoms with Crippen LogP contribution in [0, 0.1) is 46.3 Å². The average molecular weight is 407 g/mol. The van der Waals surface area contributed by atoms with Crippen LogP contribution in [0.5, 0.6) is 0 Å². The summed E-state index contributed by atoms with van der Waals surface area (Å²) >= 11 is 0. The van der Waals surface area contributed by atoms with Crippen LogP contribution in [0.25, 0.3) is 0 Å². The van der Waals surface area contributed by atoms with Crippen molar-refractivity contribution in [3.8, 4) is 0 Å². The van der Waals surface area contributed by atoms with E-state index in [0.29, 0.717) is 17.3 Å². The minimum absolute atomic E-state index is 0.362. The molecule has 0 bridgehead atoms. The largest absolute Gasteiger partial charge is 0.481 e. The average Bonchev–Trinajstić information content (AvgIpc) is 3.05. The molecule has 3 heteroatoms. The van der Waals surface area contributed by atoms with Gasteiger partial charge in [-0.2, -0.15) is 0 Å². The predicted molar refractivity (Wildman–Crippen MR) is 119 cm³/mol. The number of fused-ring (bicyclic) bond motifs is 5. The van der Waals surface area contributed by atoms with E-state index in [2.05, 4.69) is 20.8 Å². The van der Waals surface area contributed by atoms with E-state index in [9.17, 15) is 4.79 Å². The summed E-state index contributed by atoms with van der Waals surface area (Å²) in [5.74, 6) is 4.96. The van der Waals surface area contributed by atoms with Gasteiger partial charge < -0.3 is 10.2 Å². The molecule has 6 unspecified atom stereocenters. The minimum Gasteiger partial charge on any atom is -0.481 e. The quantitative estimate of drug-likeness (QED) is 0.545. The van der Waals surface area contributed by atoms with Crippen LogP contribution >= 0.6 is 0 Å². The second kappa shape index (κ2) is 9.28. The molecule has 168 valence electrons.